The van der Waals surface area contributed by atoms with Crippen molar-refractivity contribution in [3.05, 3.63) is 60.2 Å². The predicted molar refractivity (Wildman–Crippen MR) is 119 cm³/mol. The minimum Gasteiger partial charge on any atom is -0.442 e. The van der Waals surface area contributed by atoms with Crippen LogP contribution in [-0.2, 0) is 22.3 Å². The number of nitrogens with zero attached hydrogens (tertiary/aromatic N) is 4. The van der Waals surface area contributed by atoms with Gasteiger partial charge in [0.25, 0.3) is 0 Å². The normalized spacial score (nSPS) is 15.7. The molecule has 1 aliphatic rings. The van der Waals surface area contributed by atoms with Crippen LogP contribution in [0.2, 0.25) is 0 Å². The Morgan fingerprint density at radius 1 is 1.28 bits per heavy atom. The number of benzene rings is 2. The largest absolute Gasteiger partial charge is 0.442 e. The summed E-state index contributed by atoms with van der Waals surface area (Å²) in [6.45, 7) is 1.86. The monoisotopic (exact) mass is 455 g/mol. The van der Waals surface area contributed by atoms with Crippen molar-refractivity contribution in [2.24, 2.45) is 7.05 Å². The summed E-state index contributed by atoms with van der Waals surface area (Å²) >= 11 is 1.58. The van der Waals surface area contributed by atoms with Gasteiger partial charge in [-0.2, -0.15) is 5.10 Å². The number of carbonyl (C=O) groups excluding carboxylic acids is 2. The second-order valence-electron chi connectivity index (χ2n) is 7.37. The summed E-state index contributed by atoms with van der Waals surface area (Å²) in [6, 6.07) is 12.3. The maximum absolute atomic E-state index is 14.9. The third-order valence-corrected chi connectivity index (χ3v) is 6.13. The van der Waals surface area contributed by atoms with Gasteiger partial charge in [-0.05, 0) is 29.3 Å². The molecule has 8 nitrogen and oxygen atoms in total. The fraction of sp³-hybridized carbons (Fsp3) is 0.273. The molecule has 1 unspecified atom stereocenters. The zero-order chi connectivity index (χ0) is 22.7. The van der Waals surface area contributed by atoms with Gasteiger partial charge in [0.2, 0.25) is 5.91 Å². The van der Waals surface area contributed by atoms with E-state index in [0.717, 1.165) is 22.0 Å². The first-order chi connectivity index (χ1) is 15.4. The highest BCUT2D eigenvalue weighted by Gasteiger charge is 2.32. The van der Waals surface area contributed by atoms with Crippen molar-refractivity contribution in [3.63, 3.8) is 0 Å². The molecule has 0 aliphatic carbocycles. The lowest BCUT2D eigenvalue weighted by molar-refractivity contribution is -0.119. The number of hydrogen-bond acceptors (Lipinski definition) is 6. The van der Waals surface area contributed by atoms with E-state index in [1.165, 1.54) is 24.2 Å². The maximum Gasteiger partial charge on any atom is 0.414 e. The molecule has 0 saturated carbocycles. The Hall–Kier alpha value is -3.40. The van der Waals surface area contributed by atoms with Crippen LogP contribution in [0.5, 0.6) is 0 Å². The summed E-state index contributed by atoms with van der Waals surface area (Å²) in [4.78, 5) is 28.8. The SMILES string of the molecule is CC(=O)NCC1CN(c2ccc(-c3ccc(CSc4ncnn4C)cc3)c(F)c2)C(=O)O1. The molecule has 0 bridgehead atoms. The van der Waals surface area contributed by atoms with Crippen LogP contribution in [0.1, 0.15) is 12.5 Å². The minimum absolute atomic E-state index is 0.201. The van der Waals surface area contributed by atoms with Crippen molar-refractivity contribution >= 4 is 29.4 Å². The number of cyclic esters (lactones) is 1. The fourth-order valence-electron chi connectivity index (χ4n) is 3.35. The van der Waals surface area contributed by atoms with E-state index in [9.17, 15) is 14.0 Å². The molecule has 0 spiro atoms. The lowest BCUT2D eigenvalue weighted by atomic mass is 10.0. The third-order valence-electron chi connectivity index (χ3n) is 5.02. The predicted octanol–water partition coefficient (Wildman–Crippen LogP) is 3.37. The lowest BCUT2D eigenvalue weighted by Crippen LogP contribution is -2.33. The second kappa shape index (κ2) is 9.39. The van der Waals surface area contributed by atoms with E-state index in [1.54, 1.807) is 28.6 Å². The molecule has 32 heavy (non-hydrogen) atoms. The van der Waals surface area contributed by atoms with Crippen LogP contribution in [0.4, 0.5) is 14.9 Å². The Morgan fingerprint density at radius 3 is 2.72 bits per heavy atom. The van der Waals surface area contributed by atoms with Crippen molar-refractivity contribution in [2.75, 3.05) is 18.0 Å². The molecule has 166 valence electrons. The maximum atomic E-state index is 14.9. The number of carbonyl (C=O) groups is 2. The van der Waals surface area contributed by atoms with Crippen LogP contribution < -0.4 is 10.2 Å². The summed E-state index contributed by atoms with van der Waals surface area (Å²) in [7, 11) is 1.84. The summed E-state index contributed by atoms with van der Waals surface area (Å²) in [5.74, 6) is 0.0975. The Morgan fingerprint density at radius 2 is 2.06 bits per heavy atom. The summed E-state index contributed by atoms with van der Waals surface area (Å²) in [5.41, 5.74) is 2.69. The molecule has 3 aromatic rings. The number of amides is 2. The molecule has 4 rings (SSSR count). The van der Waals surface area contributed by atoms with Crippen molar-refractivity contribution in [1.29, 1.82) is 0 Å². The van der Waals surface area contributed by atoms with Gasteiger partial charge in [-0.1, -0.05) is 36.0 Å². The van der Waals surface area contributed by atoms with Crippen LogP contribution in [0.25, 0.3) is 11.1 Å². The molecule has 1 fully saturated rings. The lowest BCUT2D eigenvalue weighted by Gasteiger charge is -2.14. The fourth-order valence-corrected chi connectivity index (χ4v) is 4.19. The molecule has 1 aromatic heterocycles. The molecule has 2 heterocycles. The van der Waals surface area contributed by atoms with E-state index in [1.807, 2.05) is 31.3 Å². The van der Waals surface area contributed by atoms with Gasteiger partial charge < -0.3 is 10.1 Å². The summed E-state index contributed by atoms with van der Waals surface area (Å²) < 4.78 is 21.8. The molecule has 1 aliphatic heterocycles. The number of aromatic nitrogens is 3. The first-order valence-electron chi connectivity index (χ1n) is 9.99. The average molecular weight is 456 g/mol. The number of hydrogen-bond donors (Lipinski definition) is 1. The number of thioether (sulfide) groups is 1. The quantitative estimate of drug-likeness (QED) is 0.550. The first kappa shape index (κ1) is 21.8. The van der Waals surface area contributed by atoms with Crippen LogP contribution >= 0.6 is 11.8 Å². The number of ether oxygens (including phenoxy) is 1. The van der Waals surface area contributed by atoms with E-state index < -0.39 is 18.0 Å². The Labute approximate surface area is 188 Å². The van der Waals surface area contributed by atoms with Gasteiger partial charge in [-0.15, -0.1) is 0 Å². The van der Waals surface area contributed by atoms with Gasteiger partial charge in [0.1, 0.15) is 18.2 Å². The standard InChI is InChI=1S/C22H22FN5O3S/c1-14(29)24-10-18-11-28(22(30)31-18)17-7-8-19(20(23)9-17)16-5-3-15(4-6-16)12-32-21-25-13-26-27(21)2/h3-9,13,18H,10-12H2,1-2H3,(H,24,29). The number of nitrogens with one attached hydrogen (secondary N) is 1. The molecule has 10 heteroatoms. The van der Waals surface area contributed by atoms with Gasteiger partial charge in [-0.25, -0.2) is 18.9 Å². The highest BCUT2D eigenvalue weighted by molar-refractivity contribution is 7.98. The number of aryl methyl sites for hydroxylation is 1. The molecular weight excluding hydrogens is 433 g/mol. The molecule has 1 atom stereocenters. The van der Waals surface area contributed by atoms with Gasteiger partial charge in [0.05, 0.1) is 18.8 Å². The van der Waals surface area contributed by atoms with E-state index in [0.29, 0.717) is 11.3 Å². The molecule has 0 radical (unpaired) electrons. The van der Waals surface area contributed by atoms with Crippen molar-refractivity contribution < 1.29 is 18.7 Å². The average Bonchev–Trinajstić information content (AvgIpc) is 3.36. The van der Waals surface area contributed by atoms with Crippen molar-refractivity contribution in [2.45, 2.75) is 23.9 Å². The van der Waals surface area contributed by atoms with Crippen LogP contribution in [-0.4, -0.2) is 46.0 Å². The van der Waals surface area contributed by atoms with Crippen LogP contribution in [0, 0.1) is 5.82 Å². The highest BCUT2D eigenvalue weighted by atomic mass is 32.2. The molecular formula is C22H22FN5O3S. The van der Waals surface area contributed by atoms with E-state index in [-0.39, 0.29) is 19.0 Å². The van der Waals surface area contributed by atoms with Crippen molar-refractivity contribution in [1.82, 2.24) is 20.1 Å². The zero-order valence-electron chi connectivity index (χ0n) is 17.6. The van der Waals surface area contributed by atoms with Crippen LogP contribution in [0.15, 0.2) is 53.9 Å². The van der Waals surface area contributed by atoms with Gasteiger partial charge in [-0.3, -0.25) is 9.69 Å². The zero-order valence-corrected chi connectivity index (χ0v) is 18.4. The molecule has 2 aromatic carbocycles. The smallest absolute Gasteiger partial charge is 0.414 e. The minimum atomic E-state index is -0.558. The number of rotatable bonds is 7. The van der Waals surface area contributed by atoms with Gasteiger partial charge >= 0.3 is 6.09 Å². The Bertz CT molecular complexity index is 1130. The van der Waals surface area contributed by atoms with E-state index >= 15 is 0 Å². The summed E-state index contributed by atoms with van der Waals surface area (Å²) in [5, 5.41) is 7.50. The highest BCUT2D eigenvalue weighted by Crippen LogP contribution is 2.30. The van der Waals surface area contributed by atoms with E-state index in [4.69, 9.17) is 4.74 Å². The number of anilines is 1. The molecule has 1 saturated heterocycles. The van der Waals surface area contributed by atoms with Gasteiger partial charge in [0, 0.05) is 25.3 Å². The van der Waals surface area contributed by atoms with E-state index in [2.05, 4.69) is 15.4 Å². The topological polar surface area (TPSA) is 89.4 Å². The summed E-state index contributed by atoms with van der Waals surface area (Å²) in [6.07, 6.45) is 0.487. The Balaban J connectivity index is 1.42. The van der Waals surface area contributed by atoms with Crippen LogP contribution in [0.3, 0.4) is 0 Å². The third kappa shape index (κ3) is 4.91. The number of halogens is 1. The second-order valence-corrected chi connectivity index (χ2v) is 8.31. The Kier molecular flexibility index (Phi) is 6.40. The van der Waals surface area contributed by atoms with Gasteiger partial charge in [0.15, 0.2) is 5.16 Å². The molecule has 2 amide bonds. The first-order valence-corrected chi connectivity index (χ1v) is 11.0. The van der Waals surface area contributed by atoms with Crippen molar-refractivity contribution in [3.8, 4) is 11.1 Å². The molecule has 1 N–H and O–H groups in total.